The first-order valence-corrected chi connectivity index (χ1v) is 8.00. The van der Waals surface area contributed by atoms with Crippen LogP contribution in [0.2, 0.25) is 0 Å². The minimum Gasteiger partial charge on any atom is -0.403 e. The van der Waals surface area contributed by atoms with Crippen molar-refractivity contribution in [2.24, 2.45) is 0 Å². The number of aromatic nitrogens is 1. The van der Waals surface area contributed by atoms with Gasteiger partial charge in [-0.2, -0.15) is 4.39 Å². The number of benzene rings is 2. The maximum Gasteiger partial charge on any atom is 0.317 e. The van der Waals surface area contributed by atoms with Crippen LogP contribution in [0.25, 0.3) is 6.08 Å². The van der Waals surface area contributed by atoms with E-state index >= 15 is 0 Å². The van der Waals surface area contributed by atoms with Gasteiger partial charge in [0.25, 0.3) is 0 Å². The Hall–Kier alpha value is -2.88. The standard InChI is InChI=1S/C20H16BFN2/c22-20-11-10-18(14-23-20)21-13-12-17-8-4-5-9-19(17)24(21)15-16-6-2-1-3-7-16/h1-14H,15H2. The van der Waals surface area contributed by atoms with Gasteiger partial charge in [-0.05, 0) is 28.7 Å². The number of hydrogen-bond acceptors (Lipinski definition) is 2. The number of pyridine rings is 1. The van der Waals surface area contributed by atoms with Crippen molar-refractivity contribution in [2.75, 3.05) is 4.81 Å². The summed E-state index contributed by atoms with van der Waals surface area (Å²) in [6.07, 6.45) is 3.75. The lowest BCUT2D eigenvalue weighted by molar-refractivity contribution is 0.584. The molecule has 24 heavy (non-hydrogen) atoms. The minimum absolute atomic E-state index is 0.0354. The van der Waals surface area contributed by atoms with E-state index in [1.54, 1.807) is 6.20 Å². The largest absolute Gasteiger partial charge is 0.403 e. The monoisotopic (exact) mass is 314 g/mol. The molecule has 4 heteroatoms. The predicted molar refractivity (Wildman–Crippen MR) is 97.7 cm³/mol. The van der Waals surface area contributed by atoms with Gasteiger partial charge in [0.1, 0.15) is 0 Å². The van der Waals surface area contributed by atoms with Gasteiger partial charge < -0.3 is 4.81 Å². The van der Waals surface area contributed by atoms with E-state index in [1.165, 1.54) is 22.9 Å². The third-order valence-electron chi connectivity index (χ3n) is 4.33. The number of rotatable bonds is 3. The SMILES string of the molecule is Fc1ccc(B2C=Cc3ccccc3N2Cc2ccccc2)cn1. The van der Waals surface area contributed by atoms with Crippen molar-refractivity contribution in [1.82, 2.24) is 4.98 Å². The molecule has 0 saturated heterocycles. The van der Waals surface area contributed by atoms with E-state index in [-0.39, 0.29) is 6.85 Å². The normalized spacial score (nSPS) is 13.0. The quantitative estimate of drug-likeness (QED) is 0.541. The van der Waals surface area contributed by atoms with Gasteiger partial charge in [0.2, 0.25) is 5.95 Å². The van der Waals surface area contributed by atoms with E-state index < -0.39 is 5.95 Å². The second kappa shape index (κ2) is 6.32. The smallest absolute Gasteiger partial charge is 0.317 e. The molecule has 0 saturated carbocycles. The summed E-state index contributed by atoms with van der Waals surface area (Å²) in [5, 5.41) is 0. The average Bonchev–Trinajstić information content (AvgIpc) is 2.64. The van der Waals surface area contributed by atoms with Crippen LogP contribution in [0.1, 0.15) is 11.1 Å². The average molecular weight is 314 g/mol. The van der Waals surface area contributed by atoms with Crippen molar-refractivity contribution >= 4 is 24.1 Å². The van der Waals surface area contributed by atoms with Crippen LogP contribution in [0.15, 0.2) is 78.9 Å². The third-order valence-corrected chi connectivity index (χ3v) is 4.33. The Kier molecular flexibility index (Phi) is 3.87. The predicted octanol–water partition coefficient (Wildman–Crippen LogP) is 3.69. The maximum absolute atomic E-state index is 13.2. The number of para-hydroxylation sites is 1. The molecule has 0 amide bonds. The van der Waals surface area contributed by atoms with Crippen LogP contribution in [-0.4, -0.2) is 11.8 Å². The summed E-state index contributed by atoms with van der Waals surface area (Å²) in [6.45, 7) is 0.817. The molecule has 1 aliphatic rings. The van der Waals surface area contributed by atoms with Gasteiger partial charge >= 0.3 is 6.85 Å². The molecule has 2 aromatic carbocycles. The summed E-state index contributed by atoms with van der Waals surface area (Å²) in [4.78, 5) is 6.16. The van der Waals surface area contributed by atoms with Crippen LogP contribution >= 0.6 is 0 Å². The summed E-state index contributed by atoms with van der Waals surface area (Å²) < 4.78 is 13.2. The second-order valence-corrected chi connectivity index (χ2v) is 5.89. The highest BCUT2D eigenvalue weighted by Gasteiger charge is 2.28. The van der Waals surface area contributed by atoms with E-state index in [9.17, 15) is 4.39 Å². The van der Waals surface area contributed by atoms with E-state index in [0.717, 1.165) is 12.0 Å². The van der Waals surface area contributed by atoms with Crippen LogP contribution in [0.5, 0.6) is 0 Å². The minimum atomic E-state index is -0.450. The summed E-state index contributed by atoms with van der Waals surface area (Å²) in [7, 11) is 0. The Balaban J connectivity index is 1.76. The second-order valence-electron chi connectivity index (χ2n) is 5.89. The molecule has 0 bridgehead atoms. The van der Waals surface area contributed by atoms with Crippen LogP contribution in [0, 0.1) is 5.95 Å². The summed E-state index contributed by atoms with van der Waals surface area (Å²) in [6, 6.07) is 21.9. The molecule has 1 aromatic heterocycles. The first-order chi connectivity index (χ1) is 11.8. The Labute approximate surface area is 141 Å². The molecule has 2 heterocycles. The molecule has 0 aliphatic carbocycles. The Morgan fingerprint density at radius 3 is 2.50 bits per heavy atom. The van der Waals surface area contributed by atoms with E-state index in [0.29, 0.717) is 0 Å². The molecule has 0 atom stereocenters. The van der Waals surface area contributed by atoms with Gasteiger partial charge in [-0.1, -0.05) is 66.6 Å². The fourth-order valence-corrected chi connectivity index (χ4v) is 3.16. The van der Waals surface area contributed by atoms with Crippen molar-refractivity contribution in [3.8, 4) is 0 Å². The topological polar surface area (TPSA) is 16.1 Å². The van der Waals surface area contributed by atoms with Gasteiger partial charge in [0, 0.05) is 18.4 Å². The van der Waals surface area contributed by atoms with Crippen molar-refractivity contribution in [2.45, 2.75) is 6.54 Å². The Morgan fingerprint density at radius 1 is 0.917 bits per heavy atom. The van der Waals surface area contributed by atoms with Gasteiger partial charge in [-0.15, -0.1) is 0 Å². The molecular weight excluding hydrogens is 298 g/mol. The fraction of sp³-hybridized carbons (Fsp3) is 0.0500. The summed E-state index contributed by atoms with van der Waals surface area (Å²) in [5.74, 6) is 1.70. The van der Waals surface area contributed by atoms with Crippen LogP contribution in [0.4, 0.5) is 10.1 Å². The number of nitrogens with zero attached hydrogens (tertiary/aromatic N) is 2. The van der Waals surface area contributed by atoms with E-state index in [1.807, 2.05) is 18.2 Å². The van der Waals surface area contributed by atoms with Crippen LogP contribution in [-0.2, 0) is 6.54 Å². The van der Waals surface area contributed by atoms with Crippen molar-refractivity contribution in [1.29, 1.82) is 0 Å². The molecule has 0 N–H and O–H groups in total. The molecule has 0 spiro atoms. The van der Waals surface area contributed by atoms with Crippen molar-refractivity contribution in [3.05, 3.63) is 96.0 Å². The van der Waals surface area contributed by atoms with Gasteiger partial charge in [-0.3, -0.25) is 0 Å². The zero-order chi connectivity index (χ0) is 16.4. The van der Waals surface area contributed by atoms with Gasteiger partial charge in [0.05, 0.1) is 0 Å². The molecule has 0 unspecified atom stereocenters. The van der Waals surface area contributed by atoms with Crippen LogP contribution in [0.3, 0.4) is 0 Å². The van der Waals surface area contributed by atoms with E-state index in [4.69, 9.17) is 0 Å². The molecule has 116 valence electrons. The molecule has 3 aromatic rings. The first kappa shape index (κ1) is 14.7. The molecule has 0 fully saturated rings. The molecule has 2 nitrogen and oxygen atoms in total. The highest BCUT2D eigenvalue weighted by Crippen LogP contribution is 2.28. The summed E-state index contributed by atoms with van der Waals surface area (Å²) >= 11 is 0. The highest BCUT2D eigenvalue weighted by atomic mass is 19.1. The third kappa shape index (κ3) is 2.83. The van der Waals surface area contributed by atoms with E-state index in [2.05, 4.69) is 64.3 Å². The Bertz CT molecular complexity index is 862. The molecular formula is C20H16BFN2. The van der Waals surface area contributed by atoms with Crippen molar-refractivity contribution in [3.63, 3.8) is 0 Å². The zero-order valence-electron chi connectivity index (χ0n) is 13.1. The Morgan fingerprint density at radius 2 is 1.71 bits per heavy atom. The molecule has 0 radical (unpaired) electrons. The highest BCUT2D eigenvalue weighted by molar-refractivity contribution is 6.82. The lowest BCUT2D eigenvalue weighted by atomic mass is 9.52. The number of halogens is 1. The lowest BCUT2D eigenvalue weighted by Crippen LogP contribution is -2.48. The summed E-state index contributed by atoms with van der Waals surface area (Å²) in [5.41, 5.74) is 4.60. The van der Waals surface area contributed by atoms with Crippen LogP contribution < -0.4 is 10.3 Å². The molecule has 1 aliphatic heterocycles. The van der Waals surface area contributed by atoms with Gasteiger partial charge in [0.15, 0.2) is 0 Å². The number of hydrogen-bond donors (Lipinski definition) is 0. The fourth-order valence-electron chi connectivity index (χ4n) is 3.16. The molecule has 4 rings (SSSR count). The lowest BCUT2D eigenvalue weighted by Gasteiger charge is -2.34. The number of anilines is 1. The first-order valence-electron chi connectivity index (χ1n) is 8.00. The maximum atomic E-state index is 13.2. The zero-order valence-corrected chi connectivity index (χ0v) is 13.1. The van der Waals surface area contributed by atoms with Gasteiger partial charge in [-0.25, -0.2) is 4.98 Å². The number of fused-ring (bicyclic) bond motifs is 1. The van der Waals surface area contributed by atoms with Crippen molar-refractivity contribution < 1.29 is 4.39 Å².